The molecule has 1 aromatic rings. The molecule has 1 aromatic heterocycles. The van der Waals surface area contributed by atoms with Gasteiger partial charge in [-0.05, 0) is 43.4 Å². The minimum Gasteiger partial charge on any atom is -0.481 e. The predicted molar refractivity (Wildman–Crippen MR) is 84.5 cm³/mol. The number of rotatable bonds is 6. The van der Waals surface area contributed by atoms with E-state index in [1.165, 1.54) is 0 Å². The fraction of sp³-hybridized carbons (Fsp3) is 0.588. The second-order valence-electron chi connectivity index (χ2n) is 6.78. The summed E-state index contributed by atoms with van der Waals surface area (Å²) in [4.78, 5) is 31.7. The average molecular weight is 317 g/mol. The first-order valence-electron chi connectivity index (χ1n) is 8.12. The molecule has 2 atom stereocenters. The van der Waals surface area contributed by atoms with Gasteiger partial charge >= 0.3 is 5.97 Å². The molecule has 0 bridgehead atoms. The summed E-state index contributed by atoms with van der Waals surface area (Å²) in [5.74, 6) is -0.496. The molecule has 6 nitrogen and oxygen atoms in total. The summed E-state index contributed by atoms with van der Waals surface area (Å²) < 4.78 is 0. The number of likely N-dealkylation sites (tertiary alicyclic amines) is 1. The summed E-state index contributed by atoms with van der Waals surface area (Å²) >= 11 is 0. The Bertz CT molecular complexity index is 574. The van der Waals surface area contributed by atoms with E-state index < -0.39 is 11.9 Å². The predicted octanol–water partition coefficient (Wildman–Crippen LogP) is 1.08. The van der Waals surface area contributed by atoms with Crippen LogP contribution in [0.3, 0.4) is 0 Å². The van der Waals surface area contributed by atoms with Gasteiger partial charge in [0.15, 0.2) is 0 Å². The van der Waals surface area contributed by atoms with Gasteiger partial charge in [-0.15, -0.1) is 0 Å². The Kier molecular flexibility index (Phi) is 4.61. The summed E-state index contributed by atoms with van der Waals surface area (Å²) in [7, 11) is 1.90. The number of carboxylic acids is 1. The van der Waals surface area contributed by atoms with Gasteiger partial charge in [0, 0.05) is 32.0 Å². The summed E-state index contributed by atoms with van der Waals surface area (Å²) in [5.41, 5.74) is 1.06. The lowest BCUT2D eigenvalue weighted by Gasteiger charge is -2.21. The second-order valence-corrected chi connectivity index (χ2v) is 6.78. The van der Waals surface area contributed by atoms with Crippen LogP contribution in [-0.4, -0.2) is 58.4 Å². The number of hydrogen-bond acceptors (Lipinski definition) is 4. The second kappa shape index (κ2) is 6.66. The Hall–Kier alpha value is -1.95. The van der Waals surface area contributed by atoms with E-state index in [0.717, 1.165) is 18.4 Å². The lowest BCUT2D eigenvalue weighted by molar-refractivity contribution is -0.142. The van der Waals surface area contributed by atoms with E-state index in [1.807, 2.05) is 24.1 Å². The molecule has 1 aliphatic carbocycles. The van der Waals surface area contributed by atoms with Crippen molar-refractivity contribution in [2.75, 3.05) is 26.7 Å². The molecule has 3 rings (SSSR count). The normalized spacial score (nSPS) is 24.2. The van der Waals surface area contributed by atoms with Crippen LogP contribution in [0.5, 0.6) is 0 Å². The minimum absolute atomic E-state index is 0.0193. The molecular formula is C17H23N3O3. The molecule has 124 valence electrons. The van der Waals surface area contributed by atoms with E-state index in [-0.39, 0.29) is 11.8 Å². The molecule has 2 aliphatic rings. The van der Waals surface area contributed by atoms with E-state index >= 15 is 0 Å². The number of likely N-dealkylation sites (N-methyl/N-ethyl adjacent to an activating group) is 1. The van der Waals surface area contributed by atoms with Gasteiger partial charge in [0.25, 0.3) is 0 Å². The van der Waals surface area contributed by atoms with Crippen molar-refractivity contribution in [1.82, 2.24) is 14.8 Å². The molecule has 1 amide bonds. The van der Waals surface area contributed by atoms with Gasteiger partial charge in [-0.25, -0.2) is 0 Å². The standard InChI is InChI=1S/C17H23N3O3/c1-19(8-12-3-2-6-18-7-12)11-16(21)20-9-14(13-4-5-13)15(10-20)17(22)23/h2-3,6-7,13-15H,4-5,8-11H2,1H3,(H,22,23)/t14-,15+/m1/s1. The van der Waals surface area contributed by atoms with Crippen LogP contribution in [0, 0.1) is 17.8 Å². The number of pyridine rings is 1. The summed E-state index contributed by atoms with van der Waals surface area (Å²) in [5, 5.41) is 9.38. The third kappa shape index (κ3) is 3.88. The quantitative estimate of drug-likeness (QED) is 0.850. The van der Waals surface area contributed by atoms with Crippen molar-refractivity contribution in [3.05, 3.63) is 30.1 Å². The molecule has 2 heterocycles. The van der Waals surface area contributed by atoms with Crippen molar-refractivity contribution in [3.63, 3.8) is 0 Å². The van der Waals surface area contributed by atoms with Gasteiger partial charge in [0.2, 0.25) is 5.91 Å². The molecule has 0 spiro atoms. The molecular weight excluding hydrogens is 294 g/mol. The molecule has 0 aromatic carbocycles. The van der Waals surface area contributed by atoms with Crippen molar-refractivity contribution in [2.45, 2.75) is 19.4 Å². The first-order valence-corrected chi connectivity index (χ1v) is 8.12. The summed E-state index contributed by atoms with van der Waals surface area (Å²) in [6, 6.07) is 3.86. The molecule has 23 heavy (non-hydrogen) atoms. The van der Waals surface area contributed by atoms with Crippen molar-refractivity contribution in [1.29, 1.82) is 0 Å². The average Bonchev–Trinajstić information content (AvgIpc) is 3.26. The molecule has 1 saturated carbocycles. The molecule has 1 aliphatic heterocycles. The van der Waals surface area contributed by atoms with Crippen molar-refractivity contribution in [2.24, 2.45) is 17.8 Å². The van der Waals surface area contributed by atoms with Gasteiger partial charge < -0.3 is 10.0 Å². The fourth-order valence-electron chi connectivity index (χ4n) is 3.49. The van der Waals surface area contributed by atoms with E-state index in [1.54, 1.807) is 17.3 Å². The number of aliphatic carboxylic acids is 1. The summed E-state index contributed by atoms with van der Waals surface area (Å²) in [6.07, 6.45) is 5.73. The zero-order chi connectivity index (χ0) is 16.4. The molecule has 6 heteroatoms. The van der Waals surface area contributed by atoms with Crippen LogP contribution in [0.4, 0.5) is 0 Å². The Labute approximate surface area is 136 Å². The van der Waals surface area contributed by atoms with Crippen LogP contribution in [0.25, 0.3) is 0 Å². The Morgan fingerprint density at radius 3 is 2.78 bits per heavy atom. The molecule has 2 fully saturated rings. The highest BCUT2D eigenvalue weighted by Crippen LogP contribution is 2.44. The SMILES string of the molecule is CN(CC(=O)N1C[C@H](C(=O)O)[C@@H](C2CC2)C1)Cc1cccnc1. The third-order valence-electron chi connectivity index (χ3n) is 4.84. The van der Waals surface area contributed by atoms with Crippen LogP contribution in [-0.2, 0) is 16.1 Å². The maximum Gasteiger partial charge on any atom is 0.308 e. The van der Waals surface area contributed by atoms with E-state index in [9.17, 15) is 14.7 Å². The zero-order valence-corrected chi connectivity index (χ0v) is 13.4. The summed E-state index contributed by atoms with van der Waals surface area (Å²) in [6.45, 7) is 1.91. The lowest BCUT2D eigenvalue weighted by Crippen LogP contribution is -2.38. The minimum atomic E-state index is -0.763. The lowest BCUT2D eigenvalue weighted by atomic mass is 9.92. The zero-order valence-electron chi connectivity index (χ0n) is 13.4. The van der Waals surface area contributed by atoms with Gasteiger partial charge in [-0.3, -0.25) is 19.5 Å². The maximum atomic E-state index is 12.5. The number of amides is 1. The van der Waals surface area contributed by atoms with Gasteiger partial charge in [0.05, 0.1) is 12.5 Å². The first kappa shape index (κ1) is 15.9. The highest BCUT2D eigenvalue weighted by atomic mass is 16.4. The van der Waals surface area contributed by atoms with Crippen LogP contribution in [0.2, 0.25) is 0 Å². The number of carbonyl (C=O) groups excluding carboxylic acids is 1. The fourth-order valence-corrected chi connectivity index (χ4v) is 3.49. The van der Waals surface area contributed by atoms with Crippen molar-refractivity contribution in [3.8, 4) is 0 Å². The Morgan fingerprint density at radius 1 is 1.39 bits per heavy atom. The van der Waals surface area contributed by atoms with Crippen LogP contribution < -0.4 is 0 Å². The van der Waals surface area contributed by atoms with Gasteiger partial charge in [0.1, 0.15) is 0 Å². The van der Waals surface area contributed by atoms with Crippen LogP contribution in [0.15, 0.2) is 24.5 Å². The maximum absolute atomic E-state index is 12.5. The molecule has 1 saturated heterocycles. The Morgan fingerprint density at radius 2 is 2.17 bits per heavy atom. The number of carboxylic acid groups (broad SMARTS) is 1. The largest absolute Gasteiger partial charge is 0.481 e. The highest BCUT2D eigenvalue weighted by molar-refractivity contribution is 5.80. The van der Waals surface area contributed by atoms with Crippen molar-refractivity contribution >= 4 is 11.9 Å². The molecule has 0 radical (unpaired) electrons. The van der Waals surface area contributed by atoms with Crippen molar-refractivity contribution < 1.29 is 14.7 Å². The number of hydrogen-bond donors (Lipinski definition) is 1. The number of aromatic nitrogens is 1. The molecule has 1 N–H and O–H groups in total. The Balaban J connectivity index is 1.54. The molecule has 0 unspecified atom stereocenters. The van der Waals surface area contributed by atoms with E-state index in [0.29, 0.717) is 32.1 Å². The monoisotopic (exact) mass is 317 g/mol. The van der Waals surface area contributed by atoms with Gasteiger partial charge in [-0.2, -0.15) is 0 Å². The van der Waals surface area contributed by atoms with E-state index in [2.05, 4.69) is 4.98 Å². The third-order valence-corrected chi connectivity index (χ3v) is 4.84. The number of nitrogens with zero attached hydrogens (tertiary/aromatic N) is 3. The first-order chi connectivity index (χ1) is 11.0. The van der Waals surface area contributed by atoms with Gasteiger partial charge in [-0.1, -0.05) is 6.07 Å². The van der Waals surface area contributed by atoms with Crippen LogP contribution in [0.1, 0.15) is 18.4 Å². The smallest absolute Gasteiger partial charge is 0.308 e. The topological polar surface area (TPSA) is 73.7 Å². The highest BCUT2D eigenvalue weighted by Gasteiger charge is 2.46. The number of carbonyl (C=O) groups is 2. The van der Waals surface area contributed by atoms with Crippen LogP contribution >= 0.6 is 0 Å². The van der Waals surface area contributed by atoms with E-state index in [4.69, 9.17) is 0 Å².